The summed E-state index contributed by atoms with van der Waals surface area (Å²) in [6.07, 6.45) is 3.43. The third-order valence-electron chi connectivity index (χ3n) is 3.39. The lowest BCUT2D eigenvalue weighted by Gasteiger charge is -2.11. The summed E-state index contributed by atoms with van der Waals surface area (Å²) >= 11 is 3.34. The summed E-state index contributed by atoms with van der Waals surface area (Å²) in [7, 11) is 0. The number of rotatable bonds is 6. The van der Waals surface area contributed by atoms with Crippen molar-refractivity contribution < 1.29 is 14.5 Å². The Hall–Kier alpha value is -3.20. The third kappa shape index (κ3) is 4.25. The predicted octanol–water partition coefficient (Wildman–Crippen LogP) is 3.56. The number of nitrogens with one attached hydrogen (secondary N) is 1. The maximum atomic E-state index is 12.2. The van der Waals surface area contributed by atoms with Gasteiger partial charge in [0.25, 0.3) is 11.6 Å². The van der Waals surface area contributed by atoms with Crippen LogP contribution in [0.4, 0.5) is 11.4 Å². The molecule has 0 unspecified atom stereocenters. The van der Waals surface area contributed by atoms with Gasteiger partial charge in [0, 0.05) is 18.3 Å². The smallest absolute Gasteiger partial charge is 0.269 e. The second-order valence-corrected chi connectivity index (χ2v) is 6.12. The largest absolute Gasteiger partial charge is 0.484 e. The number of aromatic nitrogens is 2. The molecule has 1 amide bonds. The standard InChI is InChI=1S/C17H13BrN4O4/c18-12-9-19-21(10-12)16-4-2-1-3-15(16)20-17(23)11-26-14-7-5-13(6-8-14)22(24)25/h1-10H,11H2,(H,20,23). The zero-order chi connectivity index (χ0) is 18.5. The van der Waals surface area contributed by atoms with Crippen LogP contribution in [-0.2, 0) is 4.79 Å². The van der Waals surface area contributed by atoms with E-state index in [-0.39, 0.29) is 18.2 Å². The number of nitro groups is 1. The third-order valence-corrected chi connectivity index (χ3v) is 3.80. The Morgan fingerprint density at radius 1 is 1.23 bits per heavy atom. The first-order chi connectivity index (χ1) is 12.5. The first-order valence-corrected chi connectivity index (χ1v) is 8.29. The Morgan fingerprint density at radius 2 is 1.96 bits per heavy atom. The van der Waals surface area contributed by atoms with Crippen molar-refractivity contribution in [2.24, 2.45) is 0 Å². The predicted molar refractivity (Wildman–Crippen MR) is 98.5 cm³/mol. The first-order valence-electron chi connectivity index (χ1n) is 7.49. The molecule has 0 radical (unpaired) electrons. The zero-order valence-corrected chi connectivity index (χ0v) is 14.9. The summed E-state index contributed by atoms with van der Waals surface area (Å²) in [6.45, 7) is -0.227. The van der Waals surface area contributed by atoms with Crippen molar-refractivity contribution >= 4 is 33.2 Å². The Balaban J connectivity index is 1.64. The van der Waals surface area contributed by atoms with E-state index in [1.807, 2.05) is 12.1 Å². The lowest BCUT2D eigenvalue weighted by molar-refractivity contribution is -0.384. The summed E-state index contributed by atoms with van der Waals surface area (Å²) in [6, 6.07) is 12.8. The molecule has 0 saturated carbocycles. The van der Waals surface area contributed by atoms with E-state index in [2.05, 4.69) is 26.3 Å². The van der Waals surface area contributed by atoms with Gasteiger partial charge < -0.3 is 10.1 Å². The second kappa shape index (κ2) is 7.79. The monoisotopic (exact) mass is 416 g/mol. The molecule has 8 nitrogen and oxygen atoms in total. The number of ether oxygens (including phenoxy) is 1. The van der Waals surface area contributed by atoms with Gasteiger partial charge in [0.05, 0.1) is 27.0 Å². The second-order valence-electron chi connectivity index (χ2n) is 5.21. The average Bonchev–Trinajstić information content (AvgIpc) is 3.07. The van der Waals surface area contributed by atoms with Gasteiger partial charge in [-0.25, -0.2) is 4.68 Å². The normalized spacial score (nSPS) is 10.3. The number of halogens is 1. The summed E-state index contributed by atoms with van der Waals surface area (Å²) in [5.74, 6) is 0.0112. The van der Waals surface area contributed by atoms with Gasteiger partial charge in [-0.05, 0) is 40.2 Å². The molecule has 0 saturated heterocycles. The number of nitro benzene ring substituents is 1. The van der Waals surface area contributed by atoms with Gasteiger partial charge in [-0.2, -0.15) is 5.10 Å². The number of anilines is 1. The Morgan fingerprint density at radius 3 is 2.62 bits per heavy atom. The fraction of sp³-hybridized carbons (Fsp3) is 0.0588. The Bertz CT molecular complexity index is 940. The molecule has 0 fully saturated rings. The topological polar surface area (TPSA) is 99.3 Å². The fourth-order valence-corrected chi connectivity index (χ4v) is 2.50. The number of benzene rings is 2. The fourth-order valence-electron chi connectivity index (χ4n) is 2.21. The Labute approximate surface area is 156 Å². The van der Waals surface area contributed by atoms with Crippen molar-refractivity contribution in [2.45, 2.75) is 0 Å². The lowest BCUT2D eigenvalue weighted by Crippen LogP contribution is -2.21. The van der Waals surface area contributed by atoms with Crippen molar-refractivity contribution in [3.8, 4) is 11.4 Å². The SMILES string of the molecule is O=C(COc1ccc([N+](=O)[O-])cc1)Nc1ccccc1-n1cc(Br)cn1. The number of carbonyl (C=O) groups is 1. The number of non-ortho nitro benzene ring substituents is 1. The highest BCUT2D eigenvalue weighted by atomic mass is 79.9. The van der Waals surface area contributed by atoms with Gasteiger partial charge in [-0.1, -0.05) is 12.1 Å². The van der Waals surface area contributed by atoms with Crippen LogP contribution in [0.15, 0.2) is 65.4 Å². The van der Waals surface area contributed by atoms with Gasteiger partial charge in [0.1, 0.15) is 5.75 Å². The van der Waals surface area contributed by atoms with E-state index in [9.17, 15) is 14.9 Å². The lowest BCUT2D eigenvalue weighted by atomic mass is 10.2. The van der Waals surface area contributed by atoms with Crippen molar-refractivity contribution in [3.63, 3.8) is 0 Å². The van der Waals surface area contributed by atoms with Crippen LogP contribution in [0.5, 0.6) is 5.75 Å². The Kier molecular flexibility index (Phi) is 5.28. The molecule has 1 aromatic heterocycles. The van der Waals surface area contributed by atoms with Gasteiger partial charge in [-0.3, -0.25) is 14.9 Å². The molecule has 1 N–H and O–H groups in total. The minimum atomic E-state index is -0.499. The molecule has 0 aliphatic carbocycles. The summed E-state index contributed by atoms with van der Waals surface area (Å²) in [5.41, 5.74) is 1.25. The number of nitrogens with zero attached hydrogens (tertiary/aromatic N) is 3. The number of para-hydroxylation sites is 2. The van der Waals surface area contributed by atoms with Crippen LogP contribution in [0, 0.1) is 10.1 Å². The molecule has 3 rings (SSSR count). The van der Waals surface area contributed by atoms with E-state index in [1.54, 1.807) is 29.2 Å². The summed E-state index contributed by atoms with van der Waals surface area (Å²) in [5, 5.41) is 17.6. The maximum Gasteiger partial charge on any atom is 0.269 e. The van der Waals surface area contributed by atoms with Crippen molar-refractivity contribution in [3.05, 3.63) is 75.5 Å². The maximum absolute atomic E-state index is 12.2. The number of hydrogen-bond acceptors (Lipinski definition) is 5. The quantitative estimate of drug-likeness (QED) is 0.489. The molecule has 2 aromatic carbocycles. The van der Waals surface area contributed by atoms with E-state index >= 15 is 0 Å². The first kappa shape index (κ1) is 17.6. The average molecular weight is 417 g/mol. The summed E-state index contributed by atoms with van der Waals surface area (Å²) in [4.78, 5) is 22.3. The molecule has 0 aliphatic heterocycles. The minimum Gasteiger partial charge on any atom is -0.484 e. The highest BCUT2D eigenvalue weighted by Crippen LogP contribution is 2.21. The van der Waals surface area contributed by atoms with Crippen LogP contribution >= 0.6 is 15.9 Å². The number of amides is 1. The number of hydrogen-bond donors (Lipinski definition) is 1. The van der Waals surface area contributed by atoms with Crippen LogP contribution in [-0.4, -0.2) is 27.2 Å². The van der Waals surface area contributed by atoms with Crippen LogP contribution in [0.25, 0.3) is 5.69 Å². The molecule has 0 bridgehead atoms. The molecule has 132 valence electrons. The van der Waals surface area contributed by atoms with Crippen molar-refractivity contribution in [2.75, 3.05) is 11.9 Å². The van der Waals surface area contributed by atoms with E-state index in [0.717, 1.165) is 4.47 Å². The summed E-state index contributed by atoms with van der Waals surface area (Å²) < 4.78 is 7.82. The minimum absolute atomic E-state index is 0.0406. The van der Waals surface area contributed by atoms with Gasteiger partial charge >= 0.3 is 0 Å². The van der Waals surface area contributed by atoms with Crippen LogP contribution in [0.3, 0.4) is 0 Å². The van der Waals surface area contributed by atoms with E-state index in [4.69, 9.17) is 4.74 Å². The molecular formula is C17H13BrN4O4. The molecule has 26 heavy (non-hydrogen) atoms. The van der Waals surface area contributed by atoms with Crippen LogP contribution in [0.2, 0.25) is 0 Å². The van der Waals surface area contributed by atoms with E-state index in [0.29, 0.717) is 17.1 Å². The van der Waals surface area contributed by atoms with Crippen LogP contribution < -0.4 is 10.1 Å². The molecule has 0 atom stereocenters. The van der Waals surface area contributed by atoms with Crippen LogP contribution in [0.1, 0.15) is 0 Å². The molecular weight excluding hydrogens is 404 g/mol. The van der Waals surface area contributed by atoms with Gasteiger partial charge in [-0.15, -0.1) is 0 Å². The highest BCUT2D eigenvalue weighted by Gasteiger charge is 2.10. The molecule has 1 heterocycles. The van der Waals surface area contributed by atoms with Gasteiger partial charge in [0.15, 0.2) is 6.61 Å². The number of carbonyl (C=O) groups excluding carboxylic acids is 1. The van der Waals surface area contributed by atoms with E-state index in [1.165, 1.54) is 24.3 Å². The molecule has 3 aromatic rings. The molecule has 0 aliphatic rings. The van der Waals surface area contributed by atoms with Crippen molar-refractivity contribution in [1.29, 1.82) is 0 Å². The van der Waals surface area contributed by atoms with E-state index < -0.39 is 4.92 Å². The highest BCUT2D eigenvalue weighted by molar-refractivity contribution is 9.10. The zero-order valence-electron chi connectivity index (χ0n) is 13.3. The van der Waals surface area contributed by atoms with Crippen molar-refractivity contribution in [1.82, 2.24) is 9.78 Å². The molecule has 9 heteroatoms. The van der Waals surface area contributed by atoms with Gasteiger partial charge in [0.2, 0.25) is 0 Å². The molecule has 0 spiro atoms.